The lowest BCUT2D eigenvalue weighted by Gasteiger charge is -2.38. The lowest BCUT2D eigenvalue weighted by Crippen LogP contribution is -2.46. The SMILES string of the molecule is CNc1ncc(Cl)c(N2CC(C(N)=O)CCC2C)n1. The van der Waals surface area contributed by atoms with Crippen LogP contribution in [0.1, 0.15) is 19.8 Å². The Kier molecular flexibility index (Phi) is 4.09. The van der Waals surface area contributed by atoms with Crippen LogP contribution >= 0.6 is 11.6 Å². The molecule has 1 aromatic heterocycles. The van der Waals surface area contributed by atoms with Gasteiger partial charge in [0.1, 0.15) is 5.02 Å². The van der Waals surface area contributed by atoms with Crippen LogP contribution in [0, 0.1) is 5.92 Å². The molecule has 0 aliphatic carbocycles. The highest BCUT2D eigenvalue weighted by molar-refractivity contribution is 6.32. The lowest BCUT2D eigenvalue weighted by molar-refractivity contribution is -0.122. The highest BCUT2D eigenvalue weighted by Gasteiger charge is 2.30. The largest absolute Gasteiger partial charge is 0.369 e. The molecule has 0 saturated carbocycles. The minimum atomic E-state index is -0.268. The normalized spacial score (nSPS) is 23.2. The van der Waals surface area contributed by atoms with Crippen LogP contribution in [0.25, 0.3) is 0 Å². The Morgan fingerprint density at radius 2 is 2.32 bits per heavy atom. The van der Waals surface area contributed by atoms with Crippen molar-refractivity contribution in [3.05, 3.63) is 11.2 Å². The van der Waals surface area contributed by atoms with Gasteiger partial charge in [-0.3, -0.25) is 4.79 Å². The minimum Gasteiger partial charge on any atom is -0.369 e. The first-order valence-electron chi connectivity index (χ1n) is 6.29. The molecule has 7 heteroatoms. The lowest BCUT2D eigenvalue weighted by atomic mass is 9.93. The summed E-state index contributed by atoms with van der Waals surface area (Å²) in [5.74, 6) is 0.739. The number of nitrogens with one attached hydrogen (secondary N) is 1. The summed E-state index contributed by atoms with van der Waals surface area (Å²) in [5, 5.41) is 3.37. The van der Waals surface area contributed by atoms with E-state index in [0.717, 1.165) is 12.8 Å². The summed E-state index contributed by atoms with van der Waals surface area (Å²) in [5.41, 5.74) is 5.40. The van der Waals surface area contributed by atoms with E-state index in [2.05, 4.69) is 22.2 Å². The number of carbonyl (C=O) groups is 1. The van der Waals surface area contributed by atoms with Crippen LogP contribution in [0.5, 0.6) is 0 Å². The Balaban J connectivity index is 2.30. The minimum absolute atomic E-state index is 0.153. The number of hydrogen-bond acceptors (Lipinski definition) is 5. The van der Waals surface area contributed by atoms with Crippen LogP contribution in [-0.4, -0.2) is 35.5 Å². The van der Waals surface area contributed by atoms with Crippen molar-refractivity contribution in [2.24, 2.45) is 11.7 Å². The predicted octanol–water partition coefficient (Wildman–Crippen LogP) is 1.26. The predicted molar refractivity (Wildman–Crippen MR) is 75.3 cm³/mol. The average molecular weight is 284 g/mol. The number of aromatic nitrogens is 2. The van der Waals surface area contributed by atoms with E-state index in [1.807, 2.05) is 4.90 Å². The number of nitrogens with two attached hydrogens (primary N) is 1. The monoisotopic (exact) mass is 283 g/mol. The van der Waals surface area contributed by atoms with Crippen LogP contribution < -0.4 is 16.0 Å². The topological polar surface area (TPSA) is 84.1 Å². The molecule has 0 bridgehead atoms. The van der Waals surface area contributed by atoms with E-state index in [-0.39, 0.29) is 17.9 Å². The van der Waals surface area contributed by atoms with Crippen molar-refractivity contribution in [2.75, 3.05) is 23.8 Å². The highest BCUT2D eigenvalue weighted by atomic mass is 35.5. The second-order valence-electron chi connectivity index (χ2n) is 4.79. The van der Waals surface area contributed by atoms with Gasteiger partial charge in [0, 0.05) is 19.6 Å². The van der Waals surface area contributed by atoms with Crippen molar-refractivity contribution in [3.8, 4) is 0 Å². The second-order valence-corrected chi connectivity index (χ2v) is 5.20. The molecule has 3 N–H and O–H groups in total. The van der Waals surface area contributed by atoms with E-state index in [9.17, 15) is 4.79 Å². The summed E-state index contributed by atoms with van der Waals surface area (Å²) in [6.07, 6.45) is 3.27. The number of halogens is 1. The van der Waals surface area contributed by atoms with Gasteiger partial charge in [-0.25, -0.2) is 4.98 Å². The third kappa shape index (κ3) is 2.89. The van der Waals surface area contributed by atoms with Gasteiger partial charge in [-0.2, -0.15) is 4.98 Å². The molecule has 1 aliphatic rings. The van der Waals surface area contributed by atoms with E-state index in [4.69, 9.17) is 17.3 Å². The van der Waals surface area contributed by atoms with Crippen molar-refractivity contribution in [1.82, 2.24) is 9.97 Å². The van der Waals surface area contributed by atoms with Crippen LogP contribution in [-0.2, 0) is 4.79 Å². The summed E-state index contributed by atoms with van der Waals surface area (Å²) >= 11 is 6.17. The molecule has 1 amide bonds. The molecule has 6 nitrogen and oxygen atoms in total. The number of hydrogen-bond donors (Lipinski definition) is 2. The Morgan fingerprint density at radius 3 is 2.95 bits per heavy atom. The van der Waals surface area contributed by atoms with E-state index in [1.165, 1.54) is 0 Å². The fourth-order valence-electron chi connectivity index (χ4n) is 2.31. The summed E-state index contributed by atoms with van der Waals surface area (Å²) in [6.45, 7) is 2.64. The Bertz CT molecular complexity index is 481. The Morgan fingerprint density at radius 1 is 1.58 bits per heavy atom. The van der Waals surface area contributed by atoms with Crippen LogP contribution in [0.2, 0.25) is 5.02 Å². The summed E-state index contributed by atoms with van der Waals surface area (Å²) < 4.78 is 0. The van der Waals surface area contributed by atoms with Gasteiger partial charge >= 0.3 is 0 Å². The molecule has 0 radical (unpaired) electrons. The zero-order chi connectivity index (χ0) is 14.0. The number of primary amides is 1. The molecule has 0 spiro atoms. The maximum atomic E-state index is 11.4. The molecule has 1 fully saturated rings. The highest BCUT2D eigenvalue weighted by Crippen LogP contribution is 2.31. The first kappa shape index (κ1) is 13.9. The molecule has 2 unspecified atom stereocenters. The Hall–Kier alpha value is -1.56. The molecular formula is C12H18ClN5O. The molecule has 1 saturated heterocycles. The van der Waals surface area contributed by atoms with Gasteiger partial charge in [0.15, 0.2) is 5.82 Å². The summed E-state index contributed by atoms with van der Waals surface area (Å²) in [7, 11) is 1.75. The zero-order valence-corrected chi connectivity index (χ0v) is 11.8. The van der Waals surface area contributed by atoms with Gasteiger partial charge in [-0.15, -0.1) is 0 Å². The van der Waals surface area contributed by atoms with Crippen molar-refractivity contribution >= 4 is 29.3 Å². The van der Waals surface area contributed by atoms with Crippen molar-refractivity contribution in [1.29, 1.82) is 0 Å². The van der Waals surface area contributed by atoms with Crippen LogP contribution in [0.4, 0.5) is 11.8 Å². The fourth-order valence-corrected chi connectivity index (χ4v) is 2.51. The number of carbonyl (C=O) groups excluding carboxylic acids is 1. The maximum Gasteiger partial charge on any atom is 0.224 e. The van der Waals surface area contributed by atoms with Crippen molar-refractivity contribution in [2.45, 2.75) is 25.8 Å². The standard InChI is InChI=1S/C12H18ClN5O/c1-7-3-4-8(10(14)19)6-18(7)11-9(13)5-16-12(15-2)17-11/h5,7-8H,3-4,6H2,1-2H3,(H2,14,19)(H,15,16,17). The van der Waals surface area contributed by atoms with E-state index in [0.29, 0.717) is 23.3 Å². The number of nitrogens with zero attached hydrogens (tertiary/aromatic N) is 3. The third-order valence-corrected chi connectivity index (χ3v) is 3.77. The van der Waals surface area contributed by atoms with Crippen LogP contribution in [0.3, 0.4) is 0 Å². The molecule has 2 heterocycles. The van der Waals surface area contributed by atoms with Gasteiger partial charge in [-0.1, -0.05) is 11.6 Å². The number of piperidine rings is 1. The zero-order valence-electron chi connectivity index (χ0n) is 11.1. The smallest absolute Gasteiger partial charge is 0.224 e. The average Bonchev–Trinajstić information content (AvgIpc) is 2.40. The Labute approximate surface area is 117 Å². The van der Waals surface area contributed by atoms with Gasteiger partial charge in [0.25, 0.3) is 0 Å². The van der Waals surface area contributed by atoms with Gasteiger partial charge in [0.05, 0.1) is 12.1 Å². The number of anilines is 2. The van der Waals surface area contributed by atoms with E-state index < -0.39 is 0 Å². The molecule has 1 aliphatic heterocycles. The van der Waals surface area contributed by atoms with Gasteiger partial charge in [0.2, 0.25) is 11.9 Å². The first-order chi connectivity index (χ1) is 9.02. The molecule has 1 aromatic rings. The fraction of sp³-hybridized carbons (Fsp3) is 0.583. The first-order valence-corrected chi connectivity index (χ1v) is 6.67. The van der Waals surface area contributed by atoms with Crippen molar-refractivity contribution < 1.29 is 4.79 Å². The number of amides is 1. The third-order valence-electron chi connectivity index (χ3n) is 3.51. The quantitative estimate of drug-likeness (QED) is 0.872. The van der Waals surface area contributed by atoms with E-state index >= 15 is 0 Å². The van der Waals surface area contributed by atoms with Gasteiger partial charge < -0.3 is 16.0 Å². The van der Waals surface area contributed by atoms with Gasteiger partial charge in [-0.05, 0) is 19.8 Å². The molecule has 2 rings (SSSR count). The number of rotatable bonds is 3. The molecular weight excluding hydrogens is 266 g/mol. The van der Waals surface area contributed by atoms with Crippen molar-refractivity contribution in [3.63, 3.8) is 0 Å². The molecule has 2 atom stereocenters. The maximum absolute atomic E-state index is 11.4. The molecule has 19 heavy (non-hydrogen) atoms. The van der Waals surface area contributed by atoms with E-state index in [1.54, 1.807) is 13.2 Å². The second kappa shape index (κ2) is 5.61. The molecule has 104 valence electrons. The summed E-state index contributed by atoms with van der Waals surface area (Å²) in [6, 6.07) is 0.271. The summed E-state index contributed by atoms with van der Waals surface area (Å²) in [4.78, 5) is 21.8. The van der Waals surface area contributed by atoms with Crippen LogP contribution in [0.15, 0.2) is 6.20 Å². The molecule has 0 aromatic carbocycles.